The zero-order chi connectivity index (χ0) is 20.3. The average molecular weight is 398 g/mol. The second kappa shape index (κ2) is 8.00. The van der Waals surface area contributed by atoms with Crippen molar-refractivity contribution in [3.05, 3.63) is 77.9 Å². The van der Waals surface area contributed by atoms with E-state index in [-0.39, 0.29) is 5.91 Å². The lowest BCUT2D eigenvalue weighted by Gasteiger charge is -2.23. The van der Waals surface area contributed by atoms with E-state index in [1.54, 1.807) is 24.3 Å². The topological polar surface area (TPSA) is 69.7 Å². The number of amides is 1. The number of benzene rings is 3. The van der Waals surface area contributed by atoms with Crippen molar-refractivity contribution >= 4 is 32.6 Å². The highest BCUT2D eigenvalue weighted by molar-refractivity contribution is 7.90. The highest BCUT2D eigenvalue weighted by atomic mass is 32.2. The van der Waals surface area contributed by atoms with Crippen molar-refractivity contribution in [2.45, 2.75) is 6.54 Å². The Balaban J connectivity index is 1.67. The fraction of sp³-hybridized carbons (Fsp3) is 0.190. The van der Waals surface area contributed by atoms with Crippen LogP contribution in [0.5, 0.6) is 0 Å². The van der Waals surface area contributed by atoms with E-state index < -0.39 is 10.2 Å². The first-order chi connectivity index (χ1) is 13.3. The van der Waals surface area contributed by atoms with Gasteiger partial charge in [-0.15, -0.1) is 0 Å². The van der Waals surface area contributed by atoms with E-state index in [1.165, 1.54) is 25.4 Å². The summed E-state index contributed by atoms with van der Waals surface area (Å²) >= 11 is 0. The molecule has 28 heavy (non-hydrogen) atoms. The molecule has 3 rings (SSSR count). The summed E-state index contributed by atoms with van der Waals surface area (Å²) in [7, 11) is 0.860. The van der Waals surface area contributed by atoms with Crippen LogP contribution in [0.3, 0.4) is 0 Å². The fourth-order valence-corrected chi connectivity index (χ4v) is 3.71. The minimum atomic E-state index is -3.56. The Bertz CT molecular complexity index is 1090. The van der Waals surface area contributed by atoms with Gasteiger partial charge in [-0.2, -0.15) is 12.7 Å². The quantitative estimate of drug-likeness (QED) is 0.695. The fourth-order valence-electron chi connectivity index (χ4n) is 2.83. The zero-order valence-electron chi connectivity index (χ0n) is 16.1. The third-order valence-corrected chi connectivity index (χ3v) is 6.39. The Morgan fingerprint density at radius 3 is 2.18 bits per heavy atom. The van der Waals surface area contributed by atoms with Crippen LogP contribution in [-0.4, -0.2) is 39.8 Å². The highest BCUT2D eigenvalue weighted by Crippen LogP contribution is 2.19. The van der Waals surface area contributed by atoms with Crippen molar-refractivity contribution in [3.63, 3.8) is 0 Å². The van der Waals surface area contributed by atoms with Crippen LogP contribution in [0.2, 0.25) is 0 Å². The predicted molar refractivity (Wildman–Crippen MR) is 113 cm³/mol. The van der Waals surface area contributed by atoms with Crippen LogP contribution in [-0.2, 0) is 16.8 Å². The molecule has 1 N–H and O–H groups in total. The molecule has 0 bridgehead atoms. The van der Waals surface area contributed by atoms with E-state index >= 15 is 0 Å². The molecule has 6 nitrogen and oxygen atoms in total. The Morgan fingerprint density at radius 1 is 0.893 bits per heavy atom. The predicted octanol–water partition coefficient (Wildman–Crippen LogP) is 3.01. The molecule has 0 radical (unpaired) electrons. The van der Waals surface area contributed by atoms with Crippen LogP contribution < -0.4 is 9.62 Å². The zero-order valence-corrected chi connectivity index (χ0v) is 16.9. The molecule has 0 saturated carbocycles. The van der Waals surface area contributed by atoms with Crippen molar-refractivity contribution in [3.8, 4) is 0 Å². The SMILES string of the molecule is CN(C)S(=O)(=O)N(C)c1ccc(C(=O)NCc2ccc3ccccc3c2)cc1. The highest BCUT2D eigenvalue weighted by Gasteiger charge is 2.21. The second-order valence-electron chi connectivity index (χ2n) is 6.67. The number of hydrogen-bond donors (Lipinski definition) is 1. The molecule has 0 aromatic heterocycles. The van der Waals surface area contributed by atoms with Crippen LogP contribution >= 0.6 is 0 Å². The number of nitrogens with zero attached hydrogens (tertiary/aromatic N) is 2. The summed E-state index contributed by atoms with van der Waals surface area (Å²) < 4.78 is 26.7. The number of nitrogens with one attached hydrogen (secondary N) is 1. The van der Waals surface area contributed by atoms with Crippen LogP contribution in [0, 0.1) is 0 Å². The molecule has 1 amide bonds. The molecule has 7 heteroatoms. The summed E-state index contributed by atoms with van der Waals surface area (Å²) in [6.07, 6.45) is 0. The van der Waals surface area contributed by atoms with Crippen molar-refractivity contribution in [2.75, 3.05) is 25.4 Å². The minimum Gasteiger partial charge on any atom is -0.348 e. The van der Waals surface area contributed by atoms with Gasteiger partial charge in [0.25, 0.3) is 5.91 Å². The van der Waals surface area contributed by atoms with Crippen LogP contribution in [0.25, 0.3) is 10.8 Å². The Labute approximate surface area is 165 Å². The molecule has 0 aliphatic heterocycles. The summed E-state index contributed by atoms with van der Waals surface area (Å²) in [6, 6.07) is 20.6. The van der Waals surface area contributed by atoms with Gasteiger partial charge in [-0.05, 0) is 46.7 Å². The molecule has 0 fully saturated rings. The van der Waals surface area contributed by atoms with E-state index in [1.807, 2.05) is 36.4 Å². The molecule has 0 unspecified atom stereocenters. The number of anilines is 1. The standard InChI is InChI=1S/C21H23N3O3S/c1-23(2)28(26,27)24(3)20-12-10-18(11-13-20)21(25)22-15-16-8-9-17-6-4-5-7-19(17)14-16/h4-14H,15H2,1-3H3,(H,22,25). The summed E-state index contributed by atoms with van der Waals surface area (Å²) in [5.41, 5.74) is 1.97. The van der Waals surface area contributed by atoms with E-state index in [2.05, 4.69) is 11.4 Å². The lowest BCUT2D eigenvalue weighted by atomic mass is 10.1. The van der Waals surface area contributed by atoms with Crippen molar-refractivity contribution in [1.82, 2.24) is 9.62 Å². The van der Waals surface area contributed by atoms with Gasteiger partial charge >= 0.3 is 10.2 Å². The molecule has 0 saturated heterocycles. The molecule has 0 atom stereocenters. The Hall–Kier alpha value is -2.90. The number of carbonyl (C=O) groups is 1. The first-order valence-electron chi connectivity index (χ1n) is 8.81. The molecule has 0 aliphatic rings. The van der Waals surface area contributed by atoms with Crippen LogP contribution in [0.4, 0.5) is 5.69 Å². The molecule has 0 aliphatic carbocycles. The van der Waals surface area contributed by atoms with Gasteiger partial charge in [-0.1, -0.05) is 36.4 Å². The maximum absolute atomic E-state index is 12.4. The van der Waals surface area contributed by atoms with Gasteiger partial charge in [0.05, 0.1) is 5.69 Å². The van der Waals surface area contributed by atoms with Gasteiger partial charge in [0, 0.05) is 33.3 Å². The number of fused-ring (bicyclic) bond motifs is 1. The summed E-state index contributed by atoms with van der Waals surface area (Å²) in [6.45, 7) is 0.417. The summed E-state index contributed by atoms with van der Waals surface area (Å²) in [5, 5.41) is 5.18. The molecular formula is C21H23N3O3S. The van der Waals surface area contributed by atoms with E-state index in [4.69, 9.17) is 0 Å². The largest absolute Gasteiger partial charge is 0.348 e. The number of hydrogen-bond acceptors (Lipinski definition) is 3. The summed E-state index contributed by atoms with van der Waals surface area (Å²) in [4.78, 5) is 12.4. The monoisotopic (exact) mass is 397 g/mol. The molecule has 3 aromatic rings. The average Bonchev–Trinajstić information content (AvgIpc) is 2.71. The van der Waals surface area contributed by atoms with E-state index in [9.17, 15) is 13.2 Å². The van der Waals surface area contributed by atoms with Crippen LogP contribution in [0.1, 0.15) is 15.9 Å². The number of rotatable bonds is 6. The molecular weight excluding hydrogens is 374 g/mol. The van der Waals surface area contributed by atoms with E-state index in [0.29, 0.717) is 17.8 Å². The molecule has 0 heterocycles. The Kier molecular flexibility index (Phi) is 5.67. The minimum absolute atomic E-state index is 0.210. The van der Waals surface area contributed by atoms with Gasteiger partial charge in [0.1, 0.15) is 0 Å². The lowest BCUT2D eigenvalue weighted by molar-refractivity contribution is 0.0951. The molecule has 146 valence electrons. The van der Waals surface area contributed by atoms with Gasteiger partial charge in [0.15, 0.2) is 0 Å². The third-order valence-electron chi connectivity index (χ3n) is 4.57. The maximum Gasteiger partial charge on any atom is 0.303 e. The number of carbonyl (C=O) groups excluding carboxylic acids is 1. The third kappa shape index (κ3) is 4.16. The lowest BCUT2D eigenvalue weighted by Crippen LogP contribution is -2.37. The summed E-state index contributed by atoms with van der Waals surface area (Å²) in [5.74, 6) is -0.210. The van der Waals surface area contributed by atoms with Gasteiger partial charge < -0.3 is 5.32 Å². The first kappa shape index (κ1) is 19.9. The normalized spacial score (nSPS) is 11.6. The smallest absolute Gasteiger partial charge is 0.303 e. The van der Waals surface area contributed by atoms with Gasteiger partial charge in [-0.25, -0.2) is 0 Å². The van der Waals surface area contributed by atoms with Crippen molar-refractivity contribution < 1.29 is 13.2 Å². The van der Waals surface area contributed by atoms with Crippen LogP contribution in [0.15, 0.2) is 66.7 Å². The maximum atomic E-state index is 12.4. The molecule has 3 aromatic carbocycles. The van der Waals surface area contributed by atoms with E-state index in [0.717, 1.165) is 20.6 Å². The van der Waals surface area contributed by atoms with Crippen molar-refractivity contribution in [2.24, 2.45) is 0 Å². The Morgan fingerprint density at radius 2 is 1.54 bits per heavy atom. The second-order valence-corrected chi connectivity index (χ2v) is 8.84. The van der Waals surface area contributed by atoms with Gasteiger partial charge in [0.2, 0.25) is 0 Å². The van der Waals surface area contributed by atoms with Crippen molar-refractivity contribution in [1.29, 1.82) is 0 Å². The van der Waals surface area contributed by atoms with Gasteiger partial charge in [-0.3, -0.25) is 9.10 Å². The first-order valence-corrected chi connectivity index (χ1v) is 10.2. The molecule has 0 spiro atoms.